The fourth-order valence-corrected chi connectivity index (χ4v) is 1.96. The van der Waals surface area contributed by atoms with Crippen molar-refractivity contribution in [3.8, 4) is 0 Å². The Morgan fingerprint density at radius 2 is 2.06 bits per heavy atom. The first-order valence-corrected chi connectivity index (χ1v) is 6.29. The van der Waals surface area contributed by atoms with Gasteiger partial charge in [-0.15, -0.1) is 0 Å². The lowest BCUT2D eigenvalue weighted by molar-refractivity contribution is -0.119. The summed E-state index contributed by atoms with van der Waals surface area (Å²) in [5.74, 6) is 0.595. The molecule has 0 aromatic carbocycles. The van der Waals surface area contributed by atoms with Gasteiger partial charge in [-0.1, -0.05) is 32.8 Å². The molecule has 94 valence electrons. The Balaban J connectivity index is 2.60. The number of carbonyl (C=O) groups excluding carboxylic acids is 1. The van der Waals surface area contributed by atoms with E-state index in [2.05, 4.69) is 24.9 Å². The Labute approximate surface area is 104 Å². The van der Waals surface area contributed by atoms with Gasteiger partial charge in [0, 0.05) is 25.5 Å². The molecule has 3 nitrogen and oxygen atoms in total. The number of aromatic nitrogens is 1. The van der Waals surface area contributed by atoms with E-state index in [1.165, 1.54) is 0 Å². The van der Waals surface area contributed by atoms with Gasteiger partial charge in [0.15, 0.2) is 0 Å². The molecule has 0 atom stereocenters. The van der Waals surface area contributed by atoms with Crippen molar-refractivity contribution in [3.05, 3.63) is 29.6 Å². The molecular weight excluding hydrogens is 212 g/mol. The highest BCUT2D eigenvalue weighted by Crippen LogP contribution is 2.11. The summed E-state index contributed by atoms with van der Waals surface area (Å²) >= 11 is 0. The lowest BCUT2D eigenvalue weighted by atomic mass is 10.0. The number of nitrogens with zero attached hydrogens (tertiary/aromatic N) is 2. The van der Waals surface area contributed by atoms with Crippen LogP contribution in [0.15, 0.2) is 18.5 Å². The summed E-state index contributed by atoms with van der Waals surface area (Å²) in [7, 11) is 0. The van der Waals surface area contributed by atoms with Crippen LogP contribution in [0.2, 0.25) is 0 Å². The Hall–Kier alpha value is -1.38. The van der Waals surface area contributed by atoms with Crippen molar-refractivity contribution in [1.29, 1.82) is 0 Å². The van der Waals surface area contributed by atoms with Gasteiger partial charge in [0.2, 0.25) is 6.41 Å². The topological polar surface area (TPSA) is 33.2 Å². The van der Waals surface area contributed by atoms with E-state index in [1.54, 1.807) is 0 Å². The van der Waals surface area contributed by atoms with E-state index < -0.39 is 0 Å². The molecule has 0 bridgehead atoms. The Morgan fingerprint density at radius 3 is 2.59 bits per heavy atom. The van der Waals surface area contributed by atoms with Crippen LogP contribution in [0.3, 0.4) is 0 Å². The van der Waals surface area contributed by atoms with Crippen LogP contribution >= 0.6 is 0 Å². The SMILES string of the molecule is CCC(CC)CN(C=O)Cc1cncc(C)c1. The molecule has 1 aromatic heterocycles. The fourth-order valence-electron chi connectivity index (χ4n) is 1.96. The van der Waals surface area contributed by atoms with Crippen molar-refractivity contribution >= 4 is 6.41 Å². The first-order valence-electron chi connectivity index (χ1n) is 6.29. The number of aryl methyl sites for hydroxylation is 1. The molecule has 0 fully saturated rings. The molecule has 0 saturated heterocycles. The van der Waals surface area contributed by atoms with Crippen LogP contribution in [0.5, 0.6) is 0 Å². The quantitative estimate of drug-likeness (QED) is 0.680. The van der Waals surface area contributed by atoms with Gasteiger partial charge in [0.05, 0.1) is 0 Å². The van der Waals surface area contributed by atoms with Crippen LogP contribution in [0, 0.1) is 12.8 Å². The van der Waals surface area contributed by atoms with Gasteiger partial charge in [-0.3, -0.25) is 9.78 Å². The second kappa shape index (κ2) is 7.05. The van der Waals surface area contributed by atoms with Gasteiger partial charge in [-0.25, -0.2) is 0 Å². The third-order valence-electron chi connectivity index (χ3n) is 3.11. The summed E-state index contributed by atoms with van der Waals surface area (Å²) < 4.78 is 0. The normalized spacial score (nSPS) is 10.6. The molecular formula is C14H22N2O. The number of carbonyl (C=O) groups is 1. The Morgan fingerprint density at radius 1 is 1.35 bits per heavy atom. The van der Waals surface area contributed by atoms with Crippen molar-refractivity contribution in [2.24, 2.45) is 5.92 Å². The van der Waals surface area contributed by atoms with Gasteiger partial charge in [0.25, 0.3) is 0 Å². The van der Waals surface area contributed by atoms with Crippen LogP contribution in [-0.2, 0) is 11.3 Å². The highest BCUT2D eigenvalue weighted by Gasteiger charge is 2.10. The lowest BCUT2D eigenvalue weighted by Gasteiger charge is -2.22. The molecule has 1 heterocycles. The zero-order valence-electron chi connectivity index (χ0n) is 11.0. The van der Waals surface area contributed by atoms with Crippen molar-refractivity contribution in [1.82, 2.24) is 9.88 Å². The number of rotatable bonds is 7. The van der Waals surface area contributed by atoms with E-state index in [0.29, 0.717) is 12.5 Å². The standard InChI is InChI=1S/C14H22N2O/c1-4-13(5-2)9-16(11-17)10-14-6-12(3)7-15-8-14/h6-8,11,13H,4-5,9-10H2,1-3H3. The smallest absolute Gasteiger partial charge is 0.210 e. The molecule has 0 N–H and O–H groups in total. The molecule has 17 heavy (non-hydrogen) atoms. The maximum atomic E-state index is 11.1. The van der Waals surface area contributed by atoms with Gasteiger partial charge in [-0.2, -0.15) is 0 Å². The maximum Gasteiger partial charge on any atom is 0.210 e. The van der Waals surface area contributed by atoms with Gasteiger partial charge in [-0.05, 0) is 24.0 Å². The Bertz CT molecular complexity index is 348. The van der Waals surface area contributed by atoms with Gasteiger partial charge in [0.1, 0.15) is 0 Å². The summed E-state index contributed by atoms with van der Waals surface area (Å²) in [6.45, 7) is 7.86. The summed E-state index contributed by atoms with van der Waals surface area (Å²) in [4.78, 5) is 17.1. The number of hydrogen-bond acceptors (Lipinski definition) is 2. The maximum absolute atomic E-state index is 11.1. The van der Waals surface area contributed by atoms with Crippen molar-refractivity contribution in [2.45, 2.75) is 40.2 Å². The van der Waals surface area contributed by atoms with Crippen LogP contribution in [0.4, 0.5) is 0 Å². The summed E-state index contributed by atoms with van der Waals surface area (Å²) in [5.41, 5.74) is 2.24. The number of pyridine rings is 1. The van der Waals surface area contributed by atoms with E-state index in [0.717, 1.165) is 36.9 Å². The molecule has 3 heteroatoms. The van der Waals surface area contributed by atoms with E-state index in [-0.39, 0.29) is 0 Å². The largest absolute Gasteiger partial charge is 0.341 e. The monoisotopic (exact) mass is 234 g/mol. The molecule has 0 aliphatic rings. The molecule has 0 spiro atoms. The van der Waals surface area contributed by atoms with Crippen LogP contribution in [0.25, 0.3) is 0 Å². The lowest BCUT2D eigenvalue weighted by Crippen LogP contribution is -2.27. The third kappa shape index (κ3) is 4.55. The minimum Gasteiger partial charge on any atom is -0.341 e. The molecule has 0 aliphatic heterocycles. The highest BCUT2D eigenvalue weighted by atomic mass is 16.1. The van der Waals surface area contributed by atoms with Gasteiger partial charge < -0.3 is 4.90 Å². The van der Waals surface area contributed by atoms with Crippen molar-refractivity contribution in [3.63, 3.8) is 0 Å². The second-order valence-electron chi connectivity index (χ2n) is 4.59. The fraction of sp³-hybridized carbons (Fsp3) is 0.571. The van der Waals surface area contributed by atoms with Crippen LogP contribution in [0.1, 0.15) is 37.8 Å². The summed E-state index contributed by atoms with van der Waals surface area (Å²) in [6.07, 6.45) is 6.84. The molecule has 1 aromatic rings. The highest BCUT2D eigenvalue weighted by molar-refractivity contribution is 5.47. The first-order chi connectivity index (χ1) is 8.19. The van der Waals surface area contributed by atoms with Crippen molar-refractivity contribution in [2.75, 3.05) is 6.54 Å². The molecule has 0 unspecified atom stereocenters. The van der Waals surface area contributed by atoms with Gasteiger partial charge >= 0.3 is 0 Å². The van der Waals surface area contributed by atoms with E-state index in [4.69, 9.17) is 0 Å². The first kappa shape index (κ1) is 13.7. The third-order valence-corrected chi connectivity index (χ3v) is 3.11. The zero-order chi connectivity index (χ0) is 12.7. The molecule has 1 amide bonds. The zero-order valence-corrected chi connectivity index (χ0v) is 11.0. The van der Waals surface area contributed by atoms with E-state index in [9.17, 15) is 4.79 Å². The molecule has 1 rings (SSSR count). The predicted molar refractivity (Wildman–Crippen MR) is 69.5 cm³/mol. The molecule has 0 aliphatic carbocycles. The van der Waals surface area contributed by atoms with E-state index in [1.807, 2.05) is 24.2 Å². The number of amides is 1. The minimum atomic E-state index is 0.595. The average Bonchev–Trinajstić information content (AvgIpc) is 2.34. The summed E-state index contributed by atoms with van der Waals surface area (Å²) in [5, 5.41) is 0. The van der Waals surface area contributed by atoms with Crippen LogP contribution in [-0.4, -0.2) is 22.8 Å². The Kier molecular flexibility index (Phi) is 5.67. The summed E-state index contributed by atoms with van der Waals surface area (Å²) in [6, 6.07) is 2.08. The predicted octanol–water partition coefficient (Wildman–Crippen LogP) is 2.78. The van der Waals surface area contributed by atoms with E-state index >= 15 is 0 Å². The molecule has 0 radical (unpaired) electrons. The molecule has 0 saturated carbocycles. The average molecular weight is 234 g/mol. The number of hydrogen-bond donors (Lipinski definition) is 0. The minimum absolute atomic E-state index is 0.595. The van der Waals surface area contributed by atoms with Crippen molar-refractivity contribution < 1.29 is 4.79 Å². The van der Waals surface area contributed by atoms with Crippen LogP contribution < -0.4 is 0 Å². The second-order valence-corrected chi connectivity index (χ2v) is 4.59.